The second-order valence-corrected chi connectivity index (χ2v) is 5.27. The number of alkyl halides is 1. The van der Waals surface area contributed by atoms with Crippen molar-refractivity contribution in [2.45, 2.75) is 40.3 Å². The number of piperazine rings is 1. The molecule has 1 aliphatic heterocycles. The molecule has 5 nitrogen and oxygen atoms in total. The Morgan fingerprint density at radius 2 is 1.76 bits per heavy atom. The Labute approximate surface area is 126 Å². The van der Waals surface area contributed by atoms with E-state index < -0.39 is 11.6 Å². The predicted octanol–water partition coefficient (Wildman–Crippen LogP) is 2.21. The van der Waals surface area contributed by atoms with Crippen LogP contribution in [-0.4, -0.2) is 52.6 Å². The van der Waals surface area contributed by atoms with Crippen molar-refractivity contribution in [1.82, 2.24) is 14.9 Å². The summed E-state index contributed by atoms with van der Waals surface area (Å²) in [6.45, 7) is 10.9. The summed E-state index contributed by atoms with van der Waals surface area (Å²) in [5.74, 6) is 0.421. The summed E-state index contributed by atoms with van der Waals surface area (Å²) in [6, 6.07) is 1.91. The summed E-state index contributed by atoms with van der Waals surface area (Å²) in [5.41, 5.74) is -0.887. The molecule has 1 aliphatic rings. The van der Waals surface area contributed by atoms with Gasteiger partial charge in [-0.15, -0.1) is 0 Å². The van der Waals surface area contributed by atoms with E-state index in [1.165, 1.54) is 20.2 Å². The van der Waals surface area contributed by atoms with Crippen LogP contribution in [0.1, 0.15) is 33.4 Å². The van der Waals surface area contributed by atoms with Gasteiger partial charge in [-0.25, -0.2) is 14.4 Å². The van der Waals surface area contributed by atoms with Crippen LogP contribution < -0.4 is 4.90 Å². The number of hydrogen-bond donors (Lipinski definition) is 0. The van der Waals surface area contributed by atoms with E-state index >= 15 is 0 Å². The lowest BCUT2D eigenvalue weighted by molar-refractivity contribution is -0.142. The molecule has 1 saturated heterocycles. The average Bonchev–Trinajstić information content (AvgIpc) is 2.48. The number of rotatable bonds is 2. The normalized spacial score (nSPS) is 15.3. The highest BCUT2D eigenvalue weighted by Crippen LogP contribution is 2.17. The van der Waals surface area contributed by atoms with E-state index in [4.69, 9.17) is 0 Å². The number of anilines is 1. The van der Waals surface area contributed by atoms with E-state index in [9.17, 15) is 9.18 Å². The van der Waals surface area contributed by atoms with Crippen LogP contribution in [0.2, 0.25) is 0 Å². The highest BCUT2D eigenvalue weighted by atomic mass is 19.1. The SMILES string of the molecule is CC.Cc1cc(N2CCN(C(=O)C(C)(C)F)CC2)ncn1. The molecule has 1 aromatic heterocycles. The molecule has 1 aromatic rings. The van der Waals surface area contributed by atoms with Crippen molar-refractivity contribution in [3.05, 3.63) is 18.1 Å². The molecule has 2 rings (SSSR count). The van der Waals surface area contributed by atoms with E-state index in [1.54, 1.807) is 4.90 Å². The number of carbonyl (C=O) groups is 1. The number of hydrogen-bond acceptors (Lipinski definition) is 4. The molecule has 21 heavy (non-hydrogen) atoms. The van der Waals surface area contributed by atoms with Crippen LogP contribution in [0.5, 0.6) is 0 Å². The minimum absolute atomic E-state index is 0.439. The van der Waals surface area contributed by atoms with Crippen molar-refractivity contribution < 1.29 is 9.18 Å². The summed E-state index contributed by atoms with van der Waals surface area (Å²) >= 11 is 0. The molecular weight excluding hydrogens is 271 g/mol. The second kappa shape index (κ2) is 7.33. The molecule has 0 atom stereocenters. The molecule has 1 fully saturated rings. The zero-order chi connectivity index (χ0) is 16.0. The average molecular weight is 296 g/mol. The fourth-order valence-corrected chi connectivity index (χ4v) is 2.13. The molecule has 0 aromatic carbocycles. The largest absolute Gasteiger partial charge is 0.353 e. The molecule has 0 spiro atoms. The molecule has 0 bridgehead atoms. The van der Waals surface area contributed by atoms with Crippen LogP contribution in [-0.2, 0) is 4.79 Å². The zero-order valence-electron chi connectivity index (χ0n) is 13.6. The number of aromatic nitrogens is 2. The monoisotopic (exact) mass is 296 g/mol. The Kier molecular flexibility index (Phi) is 6.05. The topological polar surface area (TPSA) is 49.3 Å². The van der Waals surface area contributed by atoms with E-state index in [1.807, 2.05) is 26.8 Å². The Bertz CT molecular complexity index is 465. The smallest absolute Gasteiger partial charge is 0.259 e. The van der Waals surface area contributed by atoms with Crippen LogP contribution in [0.15, 0.2) is 12.4 Å². The Morgan fingerprint density at radius 3 is 2.24 bits per heavy atom. The molecule has 2 heterocycles. The van der Waals surface area contributed by atoms with E-state index in [-0.39, 0.29) is 0 Å². The van der Waals surface area contributed by atoms with Crippen molar-refractivity contribution in [2.24, 2.45) is 0 Å². The first kappa shape index (κ1) is 17.3. The van der Waals surface area contributed by atoms with Gasteiger partial charge in [-0.2, -0.15) is 0 Å². The Hall–Kier alpha value is -1.72. The molecule has 0 N–H and O–H groups in total. The third kappa shape index (κ3) is 4.65. The van der Waals surface area contributed by atoms with E-state index in [0.29, 0.717) is 26.2 Å². The third-order valence-corrected chi connectivity index (χ3v) is 3.19. The minimum atomic E-state index is -1.80. The predicted molar refractivity (Wildman–Crippen MR) is 82.1 cm³/mol. The van der Waals surface area contributed by atoms with Crippen LogP contribution in [0.3, 0.4) is 0 Å². The summed E-state index contributed by atoms with van der Waals surface area (Å²) in [5, 5.41) is 0. The summed E-state index contributed by atoms with van der Waals surface area (Å²) in [7, 11) is 0. The fourth-order valence-electron chi connectivity index (χ4n) is 2.13. The van der Waals surface area contributed by atoms with Crippen LogP contribution in [0.25, 0.3) is 0 Å². The molecule has 0 radical (unpaired) electrons. The Morgan fingerprint density at radius 1 is 1.19 bits per heavy atom. The number of carbonyl (C=O) groups excluding carboxylic acids is 1. The maximum absolute atomic E-state index is 13.6. The van der Waals surface area contributed by atoms with Crippen molar-refractivity contribution in [2.75, 3.05) is 31.1 Å². The molecule has 1 amide bonds. The van der Waals surface area contributed by atoms with Crippen molar-refractivity contribution in [3.63, 3.8) is 0 Å². The highest BCUT2D eigenvalue weighted by Gasteiger charge is 2.33. The fraction of sp³-hybridized carbons (Fsp3) is 0.667. The van der Waals surface area contributed by atoms with Crippen molar-refractivity contribution in [1.29, 1.82) is 0 Å². The third-order valence-electron chi connectivity index (χ3n) is 3.19. The number of aryl methyl sites for hydroxylation is 1. The second-order valence-electron chi connectivity index (χ2n) is 5.27. The van der Waals surface area contributed by atoms with Gasteiger partial charge in [0.1, 0.15) is 12.1 Å². The van der Waals surface area contributed by atoms with E-state index in [2.05, 4.69) is 14.9 Å². The maximum Gasteiger partial charge on any atom is 0.259 e. The minimum Gasteiger partial charge on any atom is -0.353 e. The quantitative estimate of drug-likeness (QED) is 0.839. The number of amides is 1. The lowest BCUT2D eigenvalue weighted by atomic mass is 10.1. The standard InChI is InChI=1S/C13H19FN4O.C2H6/c1-10-8-11(16-9-15-10)17-4-6-18(7-5-17)12(19)13(2,3)14;1-2/h8-9H,4-7H2,1-3H3;1-2H3. The van der Waals surface area contributed by atoms with E-state index in [0.717, 1.165) is 11.5 Å². The lowest BCUT2D eigenvalue weighted by Gasteiger charge is -2.37. The van der Waals surface area contributed by atoms with Crippen LogP contribution in [0.4, 0.5) is 10.2 Å². The van der Waals surface area contributed by atoms with Gasteiger partial charge in [0.2, 0.25) is 0 Å². The Balaban J connectivity index is 0.00000106. The summed E-state index contributed by atoms with van der Waals surface area (Å²) in [4.78, 5) is 23.8. The molecule has 0 unspecified atom stereocenters. The molecular formula is C15H25FN4O. The number of nitrogens with zero attached hydrogens (tertiary/aromatic N) is 4. The lowest BCUT2D eigenvalue weighted by Crippen LogP contribution is -2.53. The van der Waals surface area contributed by atoms with Crippen molar-refractivity contribution >= 4 is 11.7 Å². The molecule has 6 heteroatoms. The van der Waals surface area contributed by atoms with Gasteiger partial charge in [-0.1, -0.05) is 13.8 Å². The summed E-state index contributed by atoms with van der Waals surface area (Å²) < 4.78 is 13.6. The van der Waals surface area contributed by atoms with Gasteiger partial charge in [0.25, 0.3) is 5.91 Å². The maximum atomic E-state index is 13.6. The molecule has 0 saturated carbocycles. The van der Waals surface area contributed by atoms with Gasteiger partial charge in [-0.05, 0) is 20.8 Å². The van der Waals surface area contributed by atoms with Gasteiger partial charge in [0, 0.05) is 37.9 Å². The van der Waals surface area contributed by atoms with Gasteiger partial charge < -0.3 is 9.80 Å². The van der Waals surface area contributed by atoms with Gasteiger partial charge in [0.15, 0.2) is 5.67 Å². The van der Waals surface area contributed by atoms with Crippen molar-refractivity contribution in [3.8, 4) is 0 Å². The van der Waals surface area contributed by atoms with Gasteiger partial charge in [-0.3, -0.25) is 4.79 Å². The first-order chi connectivity index (χ1) is 9.88. The number of halogens is 1. The van der Waals surface area contributed by atoms with Crippen LogP contribution in [0, 0.1) is 6.92 Å². The van der Waals surface area contributed by atoms with Gasteiger partial charge >= 0.3 is 0 Å². The highest BCUT2D eigenvalue weighted by molar-refractivity contribution is 5.84. The summed E-state index contributed by atoms with van der Waals surface area (Å²) in [6.07, 6.45) is 1.53. The molecule has 0 aliphatic carbocycles. The first-order valence-electron chi connectivity index (χ1n) is 7.40. The molecule has 118 valence electrons. The first-order valence-corrected chi connectivity index (χ1v) is 7.40. The van der Waals surface area contributed by atoms with Crippen LogP contribution >= 0.6 is 0 Å². The van der Waals surface area contributed by atoms with Gasteiger partial charge in [0.05, 0.1) is 0 Å². The zero-order valence-corrected chi connectivity index (χ0v) is 13.6.